The summed E-state index contributed by atoms with van der Waals surface area (Å²) in [6, 6.07) is 18.3. The Morgan fingerprint density at radius 1 is 1.13 bits per heavy atom. The van der Waals surface area contributed by atoms with Crippen LogP contribution >= 0.6 is 27.7 Å². The van der Waals surface area contributed by atoms with Crippen LogP contribution in [0.25, 0.3) is 0 Å². The summed E-state index contributed by atoms with van der Waals surface area (Å²) in [5.41, 5.74) is 1.18. The smallest absolute Gasteiger partial charge is 0.234 e. The van der Waals surface area contributed by atoms with Crippen LogP contribution in [-0.2, 0) is 11.3 Å². The third-order valence-corrected chi connectivity index (χ3v) is 5.04. The van der Waals surface area contributed by atoms with Crippen LogP contribution in [0.3, 0.4) is 0 Å². The van der Waals surface area contributed by atoms with E-state index in [1.165, 1.54) is 10.5 Å². The van der Waals surface area contributed by atoms with E-state index >= 15 is 0 Å². The van der Waals surface area contributed by atoms with Gasteiger partial charge in [-0.2, -0.15) is 0 Å². The Morgan fingerprint density at radius 2 is 1.83 bits per heavy atom. The van der Waals surface area contributed by atoms with Crippen LogP contribution in [0.1, 0.15) is 5.56 Å². The van der Waals surface area contributed by atoms with E-state index in [4.69, 9.17) is 0 Å². The zero-order valence-electron chi connectivity index (χ0n) is 13.2. The van der Waals surface area contributed by atoms with Crippen LogP contribution in [0.5, 0.6) is 0 Å². The number of hydrogen-bond acceptors (Lipinski definition) is 3. The minimum Gasteiger partial charge on any atom is -0.354 e. The number of carbonyl (C=O) groups excluding carboxylic acids is 1. The number of benzene rings is 2. The van der Waals surface area contributed by atoms with Gasteiger partial charge in [0.25, 0.3) is 0 Å². The van der Waals surface area contributed by atoms with Gasteiger partial charge in [0.05, 0.1) is 6.54 Å². The molecule has 0 bridgehead atoms. The highest BCUT2D eigenvalue weighted by Gasteiger charge is 2.08. The molecule has 1 N–H and O–H groups in total. The lowest BCUT2D eigenvalue weighted by atomic mass is 10.2. The predicted octanol–water partition coefficient (Wildman–Crippen LogP) is 3.79. The average Bonchev–Trinajstić information content (AvgIpc) is 2.55. The van der Waals surface area contributed by atoms with Crippen molar-refractivity contribution in [1.29, 1.82) is 0 Å². The van der Waals surface area contributed by atoms with E-state index in [-0.39, 0.29) is 5.91 Å². The van der Waals surface area contributed by atoms with Gasteiger partial charge < -0.3 is 5.32 Å². The average molecular weight is 393 g/mol. The molecule has 3 nitrogen and oxygen atoms in total. The highest BCUT2D eigenvalue weighted by atomic mass is 79.9. The van der Waals surface area contributed by atoms with Gasteiger partial charge in [-0.25, -0.2) is 0 Å². The maximum atomic E-state index is 12.0. The molecule has 0 aliphatic rings. The first kappa shape index (κ1) is 18.0. The third kappa shape index (κ3) is 6.77. The molecule has 0 spiro atoms. The monoisotopic (exact) mass is 392 g/mol. The van der Waals surface area contributed by atoms with Crippen LogP contribution in [-0.4, -0.2) is 36.7 Å². The number of likely N-dealkylation sites (N-methyl/N-ethyl adjacent to an activating group) is 1. The Kier molecular flexibility index (Phi) is 7.65. The summed E-state index contributed by atoms with van der Waals surface area (Å²) in [6.45, 7) is 1.83. The van der Waals surface area contributed by atoms with Gasteiger partial charge in [-0.3, -0.25) is 9.69 Å². The van der Waals surface area contributed by atoms with Crippen molar-refractivity contribution in [3.8, 4) is 0 Å². The second kappa shape index (κ2) is 9.75. The normalized spacial score (nSPS) is 10.7. The summed E-state index contributed by atoms with van der Waals surface area (Å²) in [5, 5.41) is 2.97. The summed E-state index contributed by atoms with van der Waals surface area (Å²) in [5.74, 6) is 0.942. The zero-order chi connectivity index (χ0) is 16.5. The summed E-state index contributed by atoms with van der Waals surface area (Å²) in [4.78, 5) is 15.2. The Hall–Kier alpha value is -1.30. The second-order valence-corrected chi connectivity index (χ2v) is 7.30. The zero-order valence-corrected chi connectivity index (χ0v) is 15.6. The fourth-order valence-corrected chi connectivity index (χ4v) is 3.35. The fourth-order valence-electron chi connectivity index (χ4n) is 2.15. The lowest BCUT2D eigenvalue weighted by Gasteiger charge is -2.17. The fraction of sp³-hybridized carbons (Fsp3) is 0.278. The molecule has 0 radical (unpaired) electrons. The van der Waals surface area contributed by atoms with Crippen LogP contribution < -0.4 is 5.32 Å². The van der Waals surface area contributed by atoms with Gasteiger partial charge in [0, 0.05) is 28.2 Å². The van der Waals surface area contributed by atoms with E-state index in [0.717, 1.165) is 16.8 Å². The maximum Gasteiger partial charge on any atom is 0.234 e. The molecule has 0 fully saturated rings. The van der Waals surface area contributed by atoms with Gasteiger partial charge >= 0.3 is 0 Å². The standard InChI is InChI=1S/C18H21BrN2OS/c1-21(13-15-7-5-6-10-17(15)19)14-18(22)20-11-12-23-16-8-3-2-4-9-16/h2-10H,11-14H2,1H3,(H,20,22). The number of thioether (sulfide) groups is 1. The van der Waals surface area contributed by atoms with E-state index < -0.39 is 0 Å². The molecular formula is C18H21BrN2OS. The summed E-state index contributed by atoms with van der Waals surface area (Å²) in [7, 11) is 1.96. The number of nitrogens with zero attached hydrogens (tertiary/aromatic N) is 1. The lowest BCUT2D eigenvalue weighted by molar-refractivity contribution is -0.121. The van der Waals surface area contributed by atoms with Crippen molar-refractivity contribution in [2.24, 2.45) is 0 Å². The van der Waals surface area contributed by atoms with Crippen molar-refractivity contribution in [3.63, 3.8) is 0 Å². The molecule has 0 saturated heterocycles. The molecule has 2 aromatic carbocycles. The number of carbonyl (C=O) groups is 1. The second-order valence-electron chi connectivity index (χ2n) is 5.28. The minimum absolute atomic E-state index is 0.0632. The first-order valence-electron chi connectivity index (χ1n) is 7.51. The van der Waals surface area contributed by atoms with Gasteiger partial charge in [-0.05, 0) is 30.8 Å². The van der Waals surface area contributed by atoms with Crippen molar-refractivity contribution >= 4 is 33.6 Å². The molecule has 2 aromatic rings. The van der Waals surface area contributed by atoms with Gasteiger partial charge in [0.15, 0.2) is 0 Å². The number of halogens is 1. The lowest BCUT2D eigenvalue weighted by Crippen LogP contribution is -2.35. The summed E-state index contributed by atoms with van der Waals surface area (Å²) >= 11 is 5.29. The van der Waals surface area contributed by atoms with E-state index in [2.05, 4.69) is 39.4 Å². The largest absolute Gasteiger partial charge is 0.354 e. The Balaban J connectivity index is 1.65. The van der Waals surface area contributed by atoms with Crippen molar-refractivity contribution in [2.45, 2.75) is 11.4 Å². The minimum atomic E-state index is 0.0632. The molecule has 1 amide bonds. The number of hydrogen-bond donors (Lipinski definition) is 1. The molecular weight excluding hydrogens is 372 g/mol. The van der Waals surface area contributed by atoms with E-state index in [1.807, 2.05) is 48.3 Å². The molecule has 0 heterocycles. The highest BCUT2D eigenvalue weighted by Crippen LogP contribution is 2.17. The first-order valence-corrected chi connectivity index (χ1v) is 9.29. The Morgan fingerprint density at radius 3 is 2.57 bits per heavy atom. The Bertz CT molecular complexity index is 621. The van der Waals surface area contributed by atoms with Crippen molar-refractivity contribution in [1.82, 2.24) is 10.2 Å². The highest BCUT2D eigenvalue weighted by molar-refractivity contribution is 9.10. The van der Waals surface area contributed by atoms with Gasteiger partial charge in [-0.15, -0.1) is 11.8 Å². The SMILES string of the molecule is CN(CC(=O)NCCSc1ccccc1)Cc1ccccc1Br. The number of nitrogens with one attached hydrogen (secondary N) is 1. The quantitative estimate of drug-likeness (QED) is 0.547. The third-order valence-electron chi connectivity index (χ3n) is 3.25. The van der Waals surface area contributed by atoms with E-state index in [9.17, 15) is 4.79 Å². The molecule has 0 aliphatic heterocycles. The predicted molar refractivity (Wildman–Crippen MR) is 101 cm³/mol. The molecule has 2 rings (SSSR count). The number of amides is 1. The van der Waals surface area contributed by atoms with Crippen LogP contribution in [0.15, 0.2) is 64.0 Å². The topological polar surface area (TPSA) is 32.3 Å². The van der Waals surface area contributed by atoms with Crippen molar-refractivity contribution < 1.29 is 4.79 Å². The van der Waals surface area contributed by atoms with Gasteiger partial charge in [-0.1, -0.05) is 52.3 Å². The molecule has 0 aromatic heterocycles. The van der Waals surface area contributed by atoms with Crippen LogP contribution in [0, 0.1) is 0 Å². The first-order chi connectivity index (χ1) is 11.1. The molecule has 122 valence electrons. The van der Waals surface area contributed by atoms with E-state index in [0.29, 0.717) is 13.1 Å². The van der Waals surface area contributed by atoms with E-state index in [1.54, 1.807) is 11.8 Å². The Labute approximate surface area is 150 Å². The molecule has 0 aliphatic carbocycles. The van der Waals surface area contributed by atoms with Crippen molar-refractivity contribution in [2.75, 3.05) is 25.9 Å². The molecule has 0 saturated carbocycles. The van der Waals surface area contributed by atoms with Crippen molar-refractivity contribution in [3.05, 3.63) is 64.6 Å². The molecule has 23 heavy (non-hydrogen) atoms. The molecule has 5 heteroatoms. The molecule has 0 unspecified atom stereocenters. The van der Waals surface area contributed by atoms with Crippen LogP contribution in [0.4, 0.5) is 0 Å². The summed E-state index contributed by atoms with van der Waals surface area (Å²) < 4.78 is 1.08. The van der Waals surface area contributed by atoms with Gasteiger partial charge in [0.2, 0.25) is 5.91 Å². The molecule has 0 atom stereocenters. The summed E-state index contributed by atoms with van der Waals surface area (Å²) in [6.07, 6.45) is 0. The maximum absolute atomic E-state index is 12.0. The van der Waals surface area contributed by atoms with Crippen LogP contribution in [0.2, 0.25) is 0 Å². The van der Waals surface area contributed by atoms with Gasteiger partial charge in [0.1, 0.15) is 0 Å². The number of rotatable bonds is 8.